The van der Waals surface area contributed by atoms with Crippen molar-refractivity contribution in [2.45, 2.75) is 38.8 Å². The van der Waals surface area contributed by atoms with E-state index in [0.717, 1.165) is 28.5 Å². The van der Waals surface area contributed by atoms with Gasteiger partial charge in [-0.3, -0.25) is 0 Å². The lowest BCUT2D eigenvalue weighted by Crippen LogP contribution is -2.08. The Morgan fingerprint density at radius 1 is 0.963 bits per heavy atom. The normalized spacial score (nSPS) is 13.4. The van der Waals surface area contributed by atoms with E-state index in [0.29, 0.717) is 12.0 Å². The van der Waals surface area contributed by atoms with Gasteiger partial charge in [0.25, 0.3) is 0 Å². The maximum absolute atomic E-state index is 5.70. The van der Waals surface area contributed by atoms with Gasteiger partial charge in [-0.15, -0.1) is 0 Å². The molecule has 0 unspecified atom stereocenters. The Morgan fingerprint density at radius 3 is 2.37 bits per heavy atom. The molecular formula is C22H24N4O. The molecule has 0 radical (unpaired) electrons. The molecule has 27 heavy (non-hydrogen) atoms. The van der Waals surface area contributed by atoms with Crippen LogP contribution < -0.4 is 15.4 Å². The Kier molecular flexibility index (Phi) is 4.92. The molecule has 3 aromatic rings. The van der Waals surface area contributed by atoms with Gasteiger partial charge in [0.2, 0.25) is 5.95 Å². The minimum Gasteiger partial charge on any atom is -0.491 e. The van der Waals surface area contributed by atoms with Gasteiger partial charge in [0.05, 0.1) is 11.8 Å². The first kappa shape index (κ1) is 17.3. The molecule has 0 atom stereocenters. The fourth-order valence-electron chi connectivity index (χ4n) is 2.78. The van der Waals surface area contributed by atoms with Crippen LogP contribution in [-0.4, -0.2) is 22.1 Å². The topological polar surface area (TPSA) is 59.1 Å². The van der Waals surface area contributed by atoms with Crippen molar-refractivity contribution in [3.8, 4) is 17.0 Å². The van der Waals surface area contributed by atoms with Gasteiger partial charge in [0.1, 0.15) is 11.6 Å². The lowest BCUT2D eigenvalue weighted by atomic mass is 10.1. The number of aromatic nitrogens is 2. The third-order valence-electron chi connectivity index (χ3n) is 4.20. The number of benzene rings is 2. The second-order valence-electron chi connectivity index (χ2n) is 7.06. The molecule has 1 aliphatic rings. The number of nitrogens with zero attached hydrogens (tertiary/aromatic N) is 2. The van der Waals surface area contributed by atoms with E-state index in [-0.39, 0.29) is 6.10 Å². The number of hydrogen-bond acceptors (Lipinski definition) is 5. The average molecular weight is 360 g/mol. The van der Waals surface area contributed by atoms with E-state index < -0.39 is 0 Å². The highest BCUT2D eigenvalue weighted by atomic mass is 16.5. The van der Waals surface area contributed by atoms with Crippen LogP contribution in [0.2, 0.25) is 0 Å². The molecule has 0 aliphatic heterocycles. The van der Waals surface area contributed by atoms with Crippen molar-refractivity contribution in [1.82, 2.24) is 9.97 Å². The van der Waals surface area contributed by atoms with Gasteiger partial charge in [0, 0.05) is 23.4 Å². The minimum atomic E-state index is 0.162. The van der Waals surface area contributed by atoms with Crippen LogP contribution in [0.25, 0.3) is 11.3 Å². The summed E-state index contributed by atoms with van der Waals surface area (Å²) in [6.45, 7) is 4.04. The quantitative estimate of drug-likeness (QED) is 0.603. The summed E-state index contributed by atoms with van der Waals surface area (Å²) in [6, 6.07) is 20.6. The average Bonchev–Trinajstić information content (AvgIpc) is 3.47. The molecule has 1 heterocycles. The first-order valence-corrected chi connectivity index (χ1v) is 9.40. The van der Waals surface area contributed by atoms with E-state index in [1.54, 1.807) is 0 Å². The fraction of sp³-hybridized carbons (Fsp3) is 0.273. The van der Waals surface area contributed by atoms with Crippen LogP contribution in [0, 0.1) is 0 Å². The number of nitrogens with one attached hydrogen (secondary N) is 2. The molecule has 5 nitrogen and oxygen atoms in total. The predicted molar refractivity (Wildman–Crippen MR) is 110 cm³/mol. The number of rotatable bonds is 7. The largest absolute Gasteiger partial charge is 0.491 e. The maximum atomic E-state index is 5.70. The highest BCUT2D eigenvalue weighted by Gasteiger charge is 2.22. The SMILES string of the molecule is CC(C)Oc1ccc(Nc2cc(-c3ccccc3)nc(NC3CC3)n2)cc1. The van der Waals surface area contributed by atoms with Crippen molar-refractivity contribution in [1.29, 1.82) is 0 Å². The van der Waals surface area contributed by atoms with Crippen LogP contribution in [0.15, 0.2) is 60.7 Å². The molecule has 4 rings (SSSR count). The van der Waals surface area contributed by atoms with Crippen LogP contribution >= 0.6 is 0 Å². The number of ether oxygens (including phenoxy) is 1. The zero-order valence-electron chi connectivity index (χ0n) is 15.6. The monoisotopic (exact) mass is 360 g/mol. The molecule has 0 bridgehead atoms. The van der Waals surface area contributed by atoms with E-state index in [1.165, 1.54) is 12.8 Å². The summed E-state index contributed by atoms with van der Waals surface area (Å²) in [5, 5.41) is 6.78. The zero-order valence-corrected chi connectivity index (χ0v) is 15.6. The smallest absolute Gasteiger partial charge is 0.225 e. The summed E-state index contributed by atoms with van der Waals surface area (Å²) in [5.41, 5.74) is 2.93. The number of hydrogen-bond donors (Lipinski definition) is 2. The van der Waals surface area contributed by atoms with Crippen molar-refractivity contribution in [3.05, 3.63) is 60.7 Å². The van der Waals surface area contributed by atoms with Crippen LogP contribution in [0.3, 0.4) is 0 Å². The summed E-state index contributed by atoms with van der Waals surface area (Å²) in [5.74, 6) is 2.30. The Hall–Kier alpha value is -3.08. The van der Waals surface area contributed by atoms with Crippen molar-refractivity contribution < 1.29 is 4.74 Å². The van der Waals surface area contributed by atoms with Crippen molar-refractivity contribution in [3.63, 3.8) is 0 Å². The fourth-order valence-corrected chi connectivity index (χ4v) is 2.78. The summed E-state index contributed by atoms with van der Waals surface area (Å²) >= 11 is 0. The Morgan fingerprint density at radius 2 is 1.70 bits per heavy atom. The van der Waals surface area contributed by atoms with Gasteiger partial charge in [-0.05, 0) is 51.0 Å². The van der Waals surface area contributed by atoms with Crippen LogP contribution in [0.4, 0.5) is 17.5 Å². The van der Waals surface area contributed by atoms with Gasteiger partial charge in [-0.25, -0.2) is 4.98 Å². The van der Waals surface area contributed by atoms with Crippen molar-refractivity contribution in [2.24, 2.45) is 0 Å². The second kappa shape index (κ2) is 7.66. The van der Waals surface area contributed by atoms with Crippen LogP contribution in [-0.2, 0) is 0 Å². The van der Waals surface area contributed by atoms with E-state index >= 15 is 0 Å². The van der Waals surface area contributed by atoms with Crippen molar-refractivity contribution in [2.75, 3.05) is 10.6 Å². The third kappa shape index (κ3) is 4.76. The lowest BCUT2D eigenvalue weighted by molar-refractivity contribution is 0.242. The predicted octanol–water partition coefficient (Wildman–Crippen LogP) is 5.25. The molecule has 1 aliphatic carbocycles. The van der Waals surface area contributed by atoms with Gasteiger partial charge >= 0.3 is 0 Å². The molecular weight excluding hydrogens is 336 g/mol. The van der Waals surface area contributed by atoms with Gasteiger partial charge in [-0.1, -0.05) is 30.3 Å². The number of anilines is 3. The molecule has 1 fully saturated rings. The summed E-state index contributed by atoms with van der Waals surface area (Å²) in [4.78, 5) is 9.33. The molecule has 0 amide bonds. The molecule has 1 saturated carbocycles. The Labute approximate surface area is 159 Å². The lowest BCUT2D eigenvalue weighted by Gasteiger charge is -2.13. The first-order valence-electron chi connectivity index (χ1n) is 9.40. The van der Waals surface area contributed by atoms with E-state index in [4.69, 9.17) is 4.74 Å². The zero-order chi connectivity index (χ0) is 18.6. The summed E-state index contributed by atoms with van der Waals surface area (Å²) < 4.78 is 5.70. The van der Waals surface area contributed by atoms with Gasteiger partial charge < -0.3 is 15.4 Å². The van der Waals surface area contributed by atoms with Gasteiger partial charge in [-0.2, -0.15) is 4.98 Å². The molecule has 2 N–H and O–H groups in total. The first-order chi connectivity index (χ1) is 13.2. The molecule has 5 heteroatoms. The van der Waals surface area contributed by atoms with E-state index in [2.05, 4.69) is 32.7 Å². The minimum absolute atomic E-state index is 0.162. The standard InChI is InChI=1S/C22H24N4O/c1-15(2)27-19-12-10-17(11-13-19)23-21-14-20(16-6-4-3-5-7-16)25-22(26-21)24-18-8-9-18/h3-7,10-15,18H,8-9H2,1-2H3,(H2,23,24,25,26). The van der Waals surface area contributed by atoms with E-state index in [9.17, 15) is 0 Å². The van der Waals surface area contributed by atoms with Crippen LogP contribution in [0.5, 0.6) is 5.75 Å². The Balaban J connectivity index is 1.59. The van der Waals surface area contributed by atoms with Crippen LogP contribution in [0.1, 0.15) is 26.7 Å². The molecule has 0 spiro atoms. The molecule has 1 aromatic heterocycles. The molecule has 2 aromatic carbocycles. The van der Waals surface area contributed by atoms with Gasteiger partial charge in [0.15, 0.2) is 0 Å². The maximum Gasteiger partial charge on any atom is 0.225 e. The highest BCUT2D eigenvalue weighted by Crippen LogP contribution is 2.28. The van der Waals surface area contributed by atoms with E-state index in [1.807, 2.05) is 62.4 Å². The molecule has 0 saturated heterocycles. The third-order valence-corrected chi connectivity index (χ3v) is 4.20. The highest BCUT2D eigenvalue weighted by molar-refractivity contribution is 5.67. The second-order valence-corrected chi connectivity index (χ2v) is 7.06. The van der Waals surface area contributed by atoms with Crippen molar-refractivity contribution >= 4 is 17.5 Å². The Bertz CT molecular complexity index is 890. The molecule has 138 valence electrons. The summed E-state index contributed by atoms with van der Waals surface area (Å²) in [7, 11) is 0. The summed E-state index contributed by atoms with van der Waals surface area (Å²) in [6.07, 6.45) is 2.52.